The Hall–Kier alpha value is -2.57. The van der Waals surface area contributed by atoms with Gasteiger partial charge in [0, 0.05) is 6.54 Å². The Bertz CT molecular complexity index is 912. The molecule has 0 spiro atoms. The van der Waals surface area contributed by atoms with Gasteiger partial charge in [-0.25, -0.2) is 9.18 Å². The number of hydrogen-bond acceptors (Lipinski definition) is 6. The van der Waals surface area contributed by atoms with Crippen LogP contribution in [0.15, 0.2) is 24.3 Å². The summed E-state index contributed by atoms with van der Waals surface area (Å²) in [6.07, 6.45) is -2.02. The Morgan fingerprint density at radius 1 is 1.16 bits per heavy atom. The summed E-state index contributed by atoms with van der Waals surface area (Å²) in [7, 11) is -5.87. The van der Waals surface area contributed by atoms with Crippen LogP contribution in [0.25, 0.3) is 0 Å². The number of nitrogens with one attached hydrogen (secondary N) is 1. The number of carbonyl (C=O) groups excluding carboxylic acids is 2. The quantitative estimate of drug-likeness (QED) is 0.403. The first-order valence-electron chi connectivity index (χ1n) is 9.12. The maximum absolute atomic E-state index is 13.5. The molecule has 0 aliphatic carbocycles. The monoisotopic (exact) mass is 470 g/mol. The zero-order valence-electron chi connectivity index (χ0n) is 16.9. The highest BCUT2D eigenvalue weighted by atomic mass is 32.2. The molecule has 1 heterocycles. The maximum atomic E-state index is 13.5. The number of ether oxygens (including phenoxy) is 1. The van der Waals surface area contributed by atoms with E-state index in [1.165, 1.54) is 4.90 Å². The van der Waals surface area contributed by atoms with Gasteiger partial charge >= 0.3 is 21.7 Å². The summed E-state index contributed by atoms with van der Waals surface area (Å²) in [6, 6.07) is 2.69. The van der Waals surface area contributed by atoms with Gasteiger partial charge in [-0.2, -0.15) is 21.6 Å². The predicted molar refractivity (Wildman–Crippen MR) is 100 cm³/mol. The van der Waals surface area contributed by atoms with E-state index in [0.717, 1.165) is 24.3 Å². The van der Waals surface area contributed by atoms with Crippen molar-refractivity contribution in [1.29, 1.82) is 0 Å². The molecule has 2 amide bonds. The zero-order chi connectivity index (χ0) is 23.6. The number of carbonyl (C=O) groups is 2. The molecule has 1 aliphatic heterocycles. The van der Waals surface area contributed by atoms with Crippen LogP contribution in [0.4, 0.5) is 22.4 Å². The van der Waals surface area contributed by atoms with Gasteiger partial charge in [-0.1, -0.05) is 12.1 Å². The maximum Gasteiger partial charge on any atom is 0.534 e. The van der Waals surface area contributed by atoms with E-state index < -0.39 is 51.2 Å². The second-order valence-corrected chi connectivity index (χ2v) is 9.34. The largest absolute Gasteiger partial charge is 0.534 e. The highest BCUT2D eigenvalue weighted by Crippen LogP contribution is 2.28. The van der Waals surface area contributed by atoms with E-state index in [4.69, 9.17) is 4.74 Å². The predicted octanol–water partition coefficient (Wildman–Crippen LogP) is 3.05. The molecule has 2 atom stereocenters. The minimum atomic E-state index is -5.87. The van der Waals surface area contributed by atoms with Crippen LogP contribution in [0.3, 0.4) is 0 Å². The number of rotatable bonds is 5. The molecule has 0 radical (unpaired) electrons. The van der Waals surface area contributed by atoms with Gasteiger partial charge in [0.25, 0.3) is 0 Å². The number of alkyl carbamates (subject to hydrolysis) is 1. The number of amides is 2. The molecule has 8 nitrogen and oxygen atoms in total. The van der Waals surface area contributed by atoms with Crippen LogP contribution in [-0.4, -0.2) is 55.7 Å². The van der Waals surface area contributed by atoms with E-state index in [9.17, 15) is 35.6 Å². The SMILES string of the molecule is CC(C)(C)OC(=O)NC(C(=O)N1CCC(F)C1)c1ccc(OS(=O)(=O)C(F)(F)F)cc1. The molecule has 0 aromatic heterocycles. The number of likely N-dealkylation sites (tertiary alicyclic amines) is 1. The molecule has 2 unspecified atom stereocenters. The fourth-order valence-electron chi connectivity index (χ4n) is 2.70. The Morgan fingerprint density at radius 3 is 2.19 bits per heavy atom. The molecule has 2 rings (SSSR count). The van der Waals surface area contributed by atoms with Crippen molar-refractivity contribution in [2.45, 2.75) is 50.5 Å². The van der Waals surface area contributed by atoms with E-state index in [0.29, 0.717) is 0 Å². The Morgan fingerprint density at radius 2 is 1.74 bits per heavy atom. The molecule has 174 valence electrons. The summed E-state index contributed by atoms with van der Waals surface area (Å²) in [4.78, 5) is 26.2. The average molecular weight is 470 g/mol. The fraction of sp³-hybridized carbons (Fsp3) is 0.556. The third-order valence-electron chi connectivity index (χ3n) is 4.05. The molecule has 13 heteroatoms. The van der Waals surface area contributed by atoms with Gasteiger partial charge in [0.05, 0.1) is 6.54 Å². The van der Waals surface area contributed by atoms with Crippen molar-refractivity contribution in [3.05, 3.63) is 29.8 Å². The van der Waals surface area contributed by atoms with Gasteiger partial charge in [0.2, 0.25) is 5.91 Å². The van der Waals surface area contributed by atoms with E-state index in [2.05, 4.69) is 9.50 Å². The molecular formula is C18H22F4N2O6S. The number of alkyl halides is 4. The molecule has 1 fully saturated rings. The standard InChI is InChI=1S/C18H22F4N2O6S/c1-17(2,3)29-16(26)23-14(15(25)24-9-8-12(19)10-24)11-4-6-13(7-5-11)30-31(27,28)18(20,21)22/h4-7,12,14H,8-10H2,1-3H3,(H,23,26). The molecule has 1 aliphatic rings. The van der Waals surface area contributed by atoms with Crippen LogP contribution in [0, 0.1) is 0 Å². The van der Waals surface area contributed by atoms with Crippen molar-refractivity contribution in [3.8, 4) is 5.75 Å². The number of hydrogen-bond donors (Lipinski definition) is 1. The van der Waals surface area contributed by atoms with Gasteiger partial charge in [-0.3, -0.25) is 4.79 Å². The number of halogens is 4. The molecule has 0 bridgehead atoms. The zero-order valence-corrected chi connectivity index (χ0v) is 17.7. The summed E-state index contributed by atoms with van der Waals surface area (Å²) >= 11 is 0. The number of nitrogens with zero attached hydrogens (tertiary/aromatic N) is 1. The Balaban J connectivity index is 2.26. The summed E-state index contributed by atoms with van der Waals surface area (Å²) in [6.45, 7) is 4.76. The molecule has 31 heavy (non-hydrogen) atoms. The van der Waals surface area contributed by atoms with Crippen molar-refractivity contribution in [2.24, 2.45) is 0 Å². The minimum absolute atomic E-state index is 0.106. The lowest BCUT2D eigenvalue weighted by molar-refractivity contribution is -0.132. The number of benzene rings is 1. The Kier molecular flexibility index (Phi) is 7.08. The first-order chi connectivity index (χ1) is 14.1. The summed E-state index contributed by atoms with van der Waals surface area (Å²) in [5, 5.41) is 2.36. The van der Waals surface area contributed by atoms with Crippen molar-refractivity contribution >= 4 is 22.1 Å². The second-order valence-electron chi connectivity index (χ2n) is 7.80. The third kappa shape index (κ3) is 6.71. The first kappa shape index (κ1) is 24.7. The topological polar surface area (TPSA) is 102 Å². The fourth-order valence-corrected chi connectivity index (χ4v) is 3.16. The van der Waals surface area contributed by atoms with Gasteiger partial charge < -0.3 is 19.1 Å². The molecule has 1 aromatic rings. The minimum Gasteiger partial charge on any atom is -0.444 e. The lowest BCUT2D eigenvalue weighted by Crippen LogP contribution is -2.43. The van der Waals surface area contributed by atoms with Crippen LogP contribution < -0.4 is 9.50 Å². The van der Waals surface area contributed by atoms with Crippen molar-refractivity contribution in [2.75, 3.05) is 13.1 Å². The highest BCUT2D eigenvalue weighted by molar-refractivity contribution is 7.88. The van der Waals surface area contributed by atoms with E-state index in [1.54, 1.807) is 20.8 Å². The van der Waals surface area contributed by atoms with E-state index in [-0.39, 0.29) is 25.1 Å². The average Bonchev–Trinajstić information content (AvgIpc) is 3.03. The summed E-state index contributed by atoms with van der Waals surface area (Å²) in [5.41, 5.74) is -6.38. The molecule has 1 saturated heterocycles. The van der Waals surface area contributed by atoms with Gasteiger partial charge in [0.1, 0.15) is 23.6 Å². The Labute approximate surface area is 176 Å². The third-order valence-corrected chi connectivity index (χ3v) is 5.03. The smallest absolute Gasteiger partial charge is 0.444 e. The van der Waals surface area contributed by atoms with Crippen LogP contribution >= 0.6 is 0 Å². The lowest BCUT2D eigenvalue weighted by atomic mass is 10.1. The summed E-state index contributed by atoms with van der Waals surface area (Å²) < 4.78 is 82.3. The van der Waals surface area contributed by atoms with Crippen molar-refractivity contribution in [3.63, 3.8) is 0 Å². The second kappa shape index (κ2) is 8.89. The summed E-state index contributed by atoms with van der Waals surface area (Å²) in [5.74, 6) is -1.29. The van der Waals surface area contributed by atoms with Crippen LogP contribution in [0.2, 0.25) is 0 Å². The first-order valence-corrected chi connectivity index (χ1v) is 10.5. The highest BCUT2D eigenvalue weighted by Gasteiger charge is 2.48. The van der Waals surface area contributed by atoms with Crippen LogP contribution in [0.5, 0.6) is 5.75 Å². The van der Waals surface area contributed by atoms with E-state index >= 15 is 0 Å². The van der Waals surface area contributed by atoms with Crippen LogP contribution in [-0.2, 0) is 19.6 Å². The van der Waals surface area contributed by atoms with Crippen LogP contribution in [0.1, 0.15) is 38.8 Å². The molecule has 0 saturated carbocycles. The molecular weight excluding hydrogens is 448 g/mol. The van der Waals surface area contributed by atoms with Gasteiger partial charge in [0.15, 0.2) is 0 Å². The lowest BCUT2D eigenvalue weighted by Gasteiger charge is -2.26. The van der Waals surface area contributed by atoms with Gasteiger partial charge in [-0.05, 0) is 44.9 Å². The van der Waals surface area contributed by atoms with Crippen molar-refractivity contribution < 1.29 is 44.5 Å². The molecule has 1 N–H and O–H groups in total. The van der Waals surface area contributed by atoms with E-state index in [1.807, 2.05) is 0 Å². The van der Waals surface area contributed by atoms with Gasteiger partial charge in [-0.15, -0.1) is 0 Å². The normalized spacial score (nSPS) is 18.4. The molecule has 1 aromatic carbocycles. The van der Waals surface area contributed by atoms with Crippen molar-refractivity contribution in [1.82, 2.24) is 10.2 Å².